The molecule has 0 atom stereocenters. The predicted octanol–water partition coefficient (Wildman–Crippen LogP) is 3.33. The summed E-state index contributed by atoms with van der Waals surface area (Å²) in [6.07, 6.45) is 0. The van der Waals surface area contributed by atoms with E-state index in [4.69, 9.17) is 9.47 Å². The molecule has 2 aromatic rings. The zero-order valence-corrected chi connectivity index (χ0v) is 14.8. The van der Waals surface area contributed by atoms with Crippen molar-refractivity contribution in [2.75, 3.05) is 20.3 Å². The van der Waals surface area contributed by atoms with E-state index < -0.39 is 0 Å². The fourth-order valence-electron chi connectivity index (χ4n) is 2.35. The number of hydrogen-bond acceptors (Lipinski definition) is 4. The molecule has 0 bridgehead atoms. The highest BCUT2D eigenvalue weighted by Gasteiger charge is 2.13. The fourth-order valence-corrected chi connectivity index (χ4v) is 2.35. The molecule has 1 amide bonds. The number of carbonyl (C=O) groups excluding carboxylic acids is 2. The van der Waals surface area contributed by atoms with Crippen LogP contribution in [0.25, 0.3) is 0 Å². The van der Waals surface area contributed by atoms with Gasteiger partial charge in [-0.1, -0.05) is 12.1 Å². The first-order valence-electron chi connectivity index (χ1n) is 8.18. The molecule has 0 aromatic heterocycles. The number of ketones is 1. The quantitative estimate of drug-likeness (QED) is 0.691. The van der Waals surface area contributed by atoms with Gasteiger partial charge in [-0.25, -0.2) is 0 Å². The molecule has 2 aromatic carbocycles. The fraction of sp³-hybridized carbons (Fsp3) is 0.300. The minimum Gasteiger partial charge on any atom is -0.497 e. The summed E-state index contributed by atoms with van der Waals surface area (Å²) in [5, 5.41) is 0. The predicted molar refractivity (Wildman–Crippen MR) is 96.0 cm³/mol. The van der Waals surface area contributed by atoms with Gasteiger partial charge in [0.1, 0.15) is 11.5 Å². The van der Waals surface area contributed by atoms with Crippen LogP contribution in [0.1, 0.15) is 29.8 Å². The summed E-state index contributed by atoms with van der Waals surface area (Å²) >= 11 is 0. The number of hydrogen-bond donors (Lipinski definition) is 0. The summed E-state index contributed by atoms with van der Waals surface area (Å²) in [5.41, 5.74) is 1.65. The highest BCUT2D eigenvalue weighted by Crippen LogP contribution is 2.15. The molecular formula is C20H23NO4. The summed E-state index contributed by atoms with van der Waals surface area (Å²) in [7, 11) is 1.62. The van der Waals surface area contributed by atoms with Crippen molar-refractivity contribution in [3.8, 4) is 11.5 Å². The van der Waals surface area contributed by atoms with E-state index in [-0.39, 0.29) is 18.3 Å². The first-order chi connectivity index (χ1) is 12.0. The first kappa shape index (κ1) is 18.5. The molecule has 0 aliphatic heterocycles. The molecular weight excluding hydrogens is 318 g/mol. The third-order valence-electron chi connectivity index (χ3n) is 3.89. The zero-order valence-electron chi connectivity index (χ0n) is 14.8. The van der Waals surface area contributed by atoms with Crippen LogP contribution >= 0.6 is 0 Å². The maximum Gasteiger partial charge on any atom is 0.260 e. The summed E-state index contributed by atoms with van der Waals surface area (Å²) in [6.45, 7) is 4.52. The zero-order chi connectivity index (χ0) is 18.2. The average molecular weight is 341 g/mol. The minimum atomic E-state index is -0.0889. The Hall–Kier alpha value is -2.82. The van der Waals surface area contributed by atoms with Crippen LogP contribution in [0, 0.1) is 0 Å². The van der Waals surface area contributed by atoms with Gasteiger partial charge in [0.2, 0.25) is 0 Å². The number of rotatable bonds is 8. The molecule has 0 N–H and O–H groups in total. The Morgan fingerprint density at radius 1 is 0.960 bits per heavy atom. The van der Waals surface area contributed by atoms with E-state index in [9.17, 15) is 9.59 Å². The van der Waals surface area contributed by atoms with E-state index in [2.05, 4.69) is 0 Å². The molecule has 0 radical (unpaired) electrons. The van der Waals surface area contributed by atoms with Crippen molar-refractivity contribution in [2.45, 2.75) is 20.4 Å². The number of likely N-dealkylation sites (N-methyl/N-ethyl adjacent to an activating group) is 1. The Morgan fingerprint density at radius 3 is 2.08 bits per heavy atom. The van der Waals surface area contributed by atoms with Crippen LogP contribution in [0.2, 0.25) is 0 Å². The number of benzene rings is 2. The minimum absolute atomic E-state index is 0.000670. The van der Waals surface area contributed by atoms with Gasteiger partial charge in [-0.3, -0.25) is 9.59 Å². The summed E-state index contributed by atoms with van der Waals surface area (Å²) < 4.78 is 10.7. The van der Waals surface area contributed by atoms with Gasteiger partial charge in [0.05, 0.1) is 7.11 Å². The highest BCUT2D eigenvalue weighted by molar-refractivity contribution is 5.94. The van der Waals surface area contributed by atoms with E-state index in [0.29, 0.717) is 24.4 Å². The van der Waals surface area contributed by atoms with Gasteiger partial charge in [-0.2, -0.15) is 0 Å². The van der Waals surface area contributed by atoms with Gasteiger partial charge in [-0.05, 0) is 55.8 Å². The van der Waals surface area contributed by atoms with Crippen LogP contribution in [0.5, 0.6) is 11.5 Å². The number of methoxy groups -OCH3 is 1. The third-order valence-corrected chi connectivity index (χ3v) is 3.89. The van der Waals surface area contributed by atoms with Crippen molar-refractivity contribution >= 4 is 11.7 Å². The molecule has 0 aliphatic carbocycles. The first-order valence-corrected chi connectivity index (χ1v) is 8.18. The number of amides is 1. The lowest BCUT2D eigenvalue weighted by atomic mass is 10.1. The Balaban J connectivity index is 1.91. The molecule has 5 heteroatoms. The molecule has 25 heavy (non-hydrogen) atoms. The van der Waals surface area contributed by atoms with Crippen molar-refractivity contribution in [1.29, 1.82) is 0 Å². The smallest absolute Gasteiger partial charge is 0.260 e. The van der Waals surface area contributed by atoms with Crippen LogP contribution < -0.4 is 9.47 Å². The van der Waals surface area contributed by atoms with Crippen molar-refractivity contribution in [2.24, 2.45) is 0 Å². The Labute approximate surface area is 148 Å². The SMILES string of the molecule is CCN(Cc1ccc(OC)cc1)C(=O)COc1ccc(C(C)=O)cc1. The lowest BCUT2D eigenvalue weighted by Gasteiger charge is -2.21. The normalized spacial score (nSPS) is 10.2. The Morgan fingerprint density at radius 2 is 1.56 bits per heavy atom. The molecule has 0 saturated heterocycles. The molecule has 2 rings (SSSR count). The molecule has 0 spiro atoms. The average Bonchev–Trinajstić information content (AvgIpc) is 2.65. The number of carbonyl (C=O) groups is 2. The van der Waals surface area contributed by atoms with E-state index in [0.717, 1.165) is 11.3 Å². The van der Waals surface area contributed by atoms with Gasteiger partial charge in [0.25, 0.3) is 5.91 Å². The van der Waals surface area contributed by atoms with Crippen molar-refractivity contribution in [3.05, 3.63) is 59.7 Å². The Bertz CT molecular complexity index is 707. The molecule has 0 heterocycles. The van der Waals surface area contributed by atoms with Crippen LogP contribution in [0.4, 0.5) is 0 Å². The van der Waals surface area contributed by atoms with Crippen molar-refractivity contribution < 1.29 is 19.1 Å². The monoisotopic (exact) mass is 341 g/mol. The molecule has 132 valence electrons. The molecule has 5 nitrogen and oxygen atoms in total. The topological polar surface area (TPSA) is 55.8 Å². The number of Topliss-reactive ketones (excluding diaryl/α,β-unsaturated/α-hetero) is 1. The lowest BCUT2D eigenvalue weighted by Crippen LogP contribution is -2.34. The maximum absolute atomic E-state index is 12.4. The van der Waals surface area contributed by atoms with Crippen LogP contribution in [-0.4, -0.2) is 36.9 Å². The van der Waals surface area contributed by atoms with Crippen LogP contribution in [0.15, 0.2) is 48.5 Å². The van der Waals surface area contributed by atoms with E-state index >= 15 is 0 Å². The van der Waals surface area contributed by atoms with Gasteiger partial charge in [0, 0.05) is 18.7 Å². The molecule has 0 fully saturated rings. The van der Waals surface area contributed by atoms with Crippen LogP contribution in [0.3, 0.4) is 0 Å². The van der Waals surface area contributed by atoms with Crippen molar-refractivity contribution in [3.63, 3.8) is 0 Å². The highest BCUT2D eigenvalue weighted by atomic mass is 16.5. The van der Waals surface area contributed by atoms with Crippen molar-refractivity contribution in [1.82, 2.24) is 4.90 Å². The standard InChI is InChI=1S/C20H23NO4/c1-4-21(13-16-5-9-18(24-3)10-6-16)20(23)14-25-19-11-7-17(8-12-19)15(2)22/h5-12H,4,13-14H2,1-3H3. The molecule has 0 saturated carbocycles. The molecule has 0 unspecified atom stereocenters. The molecule has 0 aliphatic rings. The number of nitrogens with zero attached hydrogens (tertiary/aromatic N) is 1. The van der Waals surface area contributed by atoms with Gasteiger partial charge in [0.15, 0.2) is 12.4 Å². The van der Waals surface area contributed by atoms with E-state index in [1.807, 2.05) is 31.2 Å². The third kappa shape index (κ3) is 5.35. The number of ether oxygens (including phenoxy) is 2. The Kier molecular flexibility index (Phi) is 6.57. The summed E-state index contributed by atoms with van der Waals surface area (Å²) in [5.74, 6) is 1.27. The van der Waals surface area contributed by atoms with Gasteiger partial charge >= 0.3 is 0 Å². The second-order valence-corrected chi connectivity index (χ2v) is 5.63. The van der Waals surface area contributed by atoms with Gasteiger partial charge < -0.3 is 14.4 Å². The maximum atomic E-state index is 12.4. The van der Waals surface area contributed by atoms with Gasteiger partial charge in [-0.15, -0.1) is 0 Å². The summed E-state index contributed by atoms with van der Waals surface area (Å²) in [6, 6.07) is 14.4. The second-order valence-electron chi connectivity index (χ2n) is 5.63. The lowest BCUT2D eigenvalue weighted by molar-refractivity contribution is -0.133. The van der Waals surface area contributed by atoms with E-state index in [1.165, 1.54) is 6.92 Å². The van der Waals surface area contributed by atoms with Crippen LogP contribution in [-0.2, 0) is 11.3 Å². The van der Waals surface area contributed by atoms with E-state index in [1.54, 1.807) is 36.3 Å². The summed E-state index contributed by atoms with van der Waals surface area (Å²) in [4.78, 5) is 25.4. The second kappa shape index (κ2) is 8.87. The largest absolute Gasteiger partial charge is 0.497 e.